The van der Waals surface area contributed by atoms with Gasteiger partial charge in [-0.2, -0.15) is 0 Å². The molecule has 1 aromatic carbocycles. The van der Waals surface area contributed by atoms with Gasteiger partial charge < -0.3 is 9.47 Å². The van der Waals surface area contributed by atoms with Gasteiger partial charge in [0.1, 0.15) is 12.4 Å². The van der Waals surface area contributed by atoms with E-state index in [2.05, 4.69) is 9.98 Å². The Hall–Kier alpha value is -2.60. The van der Waals surface area contributed by atoms with E-state index in [0.717, 1.165) is 5.56 Å². The molecule has 0 saturated carbocycles. The van der Waals surface area contributed by atoms with E-state index in [4.69, 9.17) is 9.47 Å². The second kappa shape index (κ2) is 8.86. The summed E-state index contributed by atoms with van der Waals surface area (Å²) in [5, 5.41) is 0. The van der Waals surface area contributed by atoms with E-state index in [-0.39, 0.29) is 30.4 Å². The van der Waals surface area contributed by atoms with Crippen molar-refractivity contribution in [2.75, 3.05) is 20.3 Å². The first-order valence-corrected chi connectivity index (χ1v) is 8.99. The molecule has 0 fully saturated rings. The molecule has 1 aromatic heterocycles. The van der Waals surface area contributed by atoms with Crippen LogP contribution in [0.15, 0.2) is 41.5 Å². The summed E-state index contributed by atoms with van der Waals surface area (Å²) in [6, 6.07) is 9.83. The van der Waals surface area contributed by atoms with Crippen LogP contribution in [0, 0.1) is 5.82 Å². The number of carbonyl (C=O) groups excluding carboxylic acids is 1. The van der Waals surface area contributed by atoms with Crippen LogP contribution in [-0.2, 0) is 27.2 Å². The summed E-state index contributed by atoms with van der Waals surface area (Å²) < 4.78 is 25.2. The third kappa shape index (κ3) is 4.57. The number of pyridine rings is 1. The molecule has 0 spiro atoms. The Kier molecular flexibility index (Phi) is 6.29. The Balaban J connectivity index is 1.64. The number of nitrogens with zero attached hydrogens (tertiary/aromatic N) is 2. The summed E-state index contributed by atoms with van der Waals surface area (Å²) in [4.78, 5) is 20.8. The van der Waals surface area contributed by atoms with E-state index in [0.29, 0.717) is 36.7 Å². The first-order chi connectivity index (χ1) is 13.1. The molecule has 142 valence electrons. The number of hydrogen-bond donors (Lipinski definition) is 0. The minimum absolute atomic E-state index is 0.0177. The number of rotatable bonds is 8. The van der Waals surface area contributed by atoms with Crippen molar-refractivity contribution in [3.8, 4) is 0 Å². The number of halogens is 1. The number of ketones is 1. The average molecular weight is 370 g/mol. The van der Waals surface area contributed by atoms with Gasteiger partial charge in [-0.3, -0.25) is 9.78 Å². The molecule has 1 aliphatic heterocycles. The van der Waals surface area contributed by atoms with Gasteiger partial charge in [-0.15, -0.1) is 0 Å². The van der Waals surface area contributed by atoms with Gasteiger partial charge in [0.2, 0.25) is 5.90 Å². The van der Waals surface area contributed by atoms with Gasteiger partial charge in [-0.05, 0) is 11.5 Å². The highest BCUT2D eigenvalue weighted by Gasteiger charge is 2.25. The Labute approximate surface area is 158 Å². The quantitative estimate of drug-likeness (QED) is 0.668. The predicted octanol–water partition coefficient (Wildman–Crippen LogP) is 3.45. The Morgan fingerprint density at radius 3 is 2.78 bits per heavy atom. The lowest BCUT2D eigenvalue weighted by molar-refractivity contribution is -0.118. The van der Waals surface area contributed by atoms with Crippen LogP contribution in [0.1, 0.15) is 41.6 Å². The maximum absolute atomic E-state index is 14.8. The van der Waals surface area contributed by atoms with Crippen LogP contribution in [0.3, 0.4) is 0 Å². The van der Waals surface area contributed by atoms with Crippen molar-refractivity contribution < 1.29 is 18.7 Å². The molecule has 1 atom stereocenters. The second-order valence-electron chi connectivity index (χ2n) is 6.61. The SMILES string of the molecule is COCCOC1=NCc2c1cnc(CC(=O)C[C@H](C)c1ccccc1)c2F. The fourth-order valence-corrected chi connectivity index (χ4v) is 3.11. The summed E-state index contributed by atoms with van der Waals surface area (Å²) >= 11 is 0. The lowest BCUT2D eigenvalue weighted by atomic mass is 9.94. The van der Waals surface area contributed by atoms with Gasteiger partial charge in [0, 0.05) is 25.3 Å². The normalized spacial score (nSPS) is 13.8. The highest BCUT2D eigenvalue weighted by Crippen LogP contribution is 2.25. The molecular weight excluding hydrogens is 347 g/mol. The zero-order chi connectivity index (χ0) is 19.2. The van der Waals surface area contributed by atoms with E-state index in [1.807, 2.05) is 37.3 Å². The number of carbonyl (C=O) groups is 1. The Morgan fingerprint density at radius 2 is 2.04 bits per heavy atom. The largest absolute Gasteiger partial charge is 0.475 e. The summed E-state index contributed by atoms with van der Waals surface area (Å²) in [6.45, 7) is 2.97. The van der Waals surface area contributed by atoms with E-state index in [9.17, 15) is 9.18 Å². The smallest absolute Gasteiger partial charge is 0.218 e. The number of methoxy groups -OCH3 is 1. The van der Waals surface area contributed by atoms with Crippen molar-refractivity contribution in [1.82, 2.24) is 4.98 Å². The molecule has 0 N–H and O–H groups in total. The summed E-state index contributed by atoms with van der Waals surface area (Å²) in [7, 11) is 1.58. The zero-order valence-corrected chi connectivity index (χ0v) is 15.6. The first-order valence-electron chi connectivity index (χ1n) is 8.99. The van der Waals surface area contributed by atoms with Crippen LogP contribution >= 0.6 is 0 Å². The molecule has 0 amide bonds. The van der Waals surface area contributed by atoms with Gasteiger partial charge >= 0.3 is 0 Å². The molecule has 0 bridgehead atoms. The van der Waals surface area contributed by atoms with Crippen molar-refractivity contribution in [2.45, 2.75) is 32.2 Å². The number of fused-ring (bicyclic) bond motifs is 1. The highest BCUT2D eigenvalue weighted by atomic mass is 19.1. The summed E-state index contributed by atoms with van der Waals surface area (Å²) in [5.41, 5.74) is 2.26. The fourth-order valence-electron chi connectivity index (χ4n) is 3.11. The van der Waals surface area contributed by atoms with Crippen molar-refractivity contribution in [3.05, 3.63) is 64.7 Å². The number of ether oxygens (including phenoxy) is 2. The van der Waals surface area contributed by atoms with E-state index in [1.54, 1.807) is 13.3 Å². The monoisotopic (exact) mass is 370 g/mol. The standard InChI is InChI=1S/C21H23FN2O3/c1-14(15-6-4-3-5-7-15)10-16(25)11-19-20(22)17-12-24-21(18(17)13-23-19)27-9-8-26-2/h3-7,13-14H,8-12H2,1-2H3/t14-/m0/s1. The fraction of sp³-hybridized carbons (Fsp3) is 0.381. The number of benzene rings is 1. The Bertz CT molecular complexity index is 837. The topological polar surface area (TPSA) is 60.8 Å². The Morgan fingerprint density at radius 1 is 1.26 bits per heavy atom. The second-order valence-corrected chi connectivity index (χ2v) is 6.61. The molecule has 1 aliphatic rings. The molecular formula is C21H23FN2O3. The highest BCUT2D eigenvalue weighted by molar-refractivity contribution is 5.97. The number of Topliss-reactive ketones (excluding diaryl/α,β-unsaturated/α-hetero) is 1. The summed E-state index contributed by atoms with van der Waals surface area (Å²) in [5.74, 6) is -0.0279. The van der Waals surface area contributed by atoms with Crippen molar-refractivity contribution in [3.63, 3.8) is 0 Å². The lowest BCUT2D eigenvalue weighted by Gasteiger charge is -2.12. The van der Waals surface area contributed by atoms with Gasteiger partial charge in [-0.25, -0.2) is 9.38 Å². The summed E-state index contributed by atoms with van der Waals surface area (Å²) in [6.07, 6.45) is 1.88. The van der Waals surface area contributed by atoms with Crippen LogP contribution in [0.25, 0.3) is 0 Å². The molecule has 5 nitrogen and oxygen atoms in total. The molecule has 0 saturated heterocycles. The molecule has 6 heteroatoms. The van der Waals surface area contributed by atoms with Crippen LogP contribution in [0.2, 0.25) is 0 Å². The van der Waals surface area contributed by atoms with Crippen LogP contribution in [-0.4, -0.2) is 37.0 Å². The number of aromatic nitrogens is 1. The minimum Gasteiger partial charge on any atom is -0.475 e. The molecule has 27 heavy (non-hydrogen) atoms. The lowest BCUT2D eigenvalue weighted by Crippen LogP contribution is -2.14. The van der Waals surface area contributed by atoms with Gasteiger partial charge in [0.15, 0.2) is 5.82 Å². The number of hydrogen-bond acceptors (Lipinski definition) is 5. The molecule has 3 rings (SSSR count). The average Bonchev–Trinajstić information content (AvgIpc) is 3.09. The molecule has 2 heterocycles. The maximum Gasteiger partial charge on any atom is 0.218 e. The van der Waals surface area contributed by atoms with Crippen molar-refractivity contribution in [2.24, 2.45) is 4.99 Å². The van der Waals surface area contributed by atoms with Crippen molar-refractivity contribution >= 4 is 11.7 Å². The van der Waals surface area contributed by atoms with Crippen LogP contribution in [0.5, 0.6) is 0 Å². The molecule has 0 radical (unpaired) electrons. The van der Waals surface area contributed by atoms with E-state index in [1.165, 1.54) is 0 Å². The van der Waals surface area contributed by atoms with E-state index < -0.39 is 5.82 Å². The van der Waals surface area contributed by atoms with Gasteiger partial charge in [0.25, 0.3) is 0 Å². The zero-order valence-electron chi connectivity index (χ0n) is 15.6. The molecule has 0 unspecified atom stereocenters. The molecule has 0 aliphatic carbocycles. The van der Waals surface area contributed by atoms with Crippen LogP contribution < -0.4 is 0 Å². The maximum atomic E-state index is 14.8. The van der Waals surface area contributed by atoms with Gasteiger partial charge in [0.05, 0.1) is 30.8 Å². The number of aliphatic imine (C=N–C) groups is 1. The van der Waals surface area contributed by atoms with Gasteiger partial charge in [-0.1, -0.05) is 37.3 Å². The minimum atomic E-state index is -0.456. The van der Waals surface area contributed by atoms with Crippen LogP contribution in [0.4, 0.5) is 4.39 Å². The third-order valence-electron chi connectivity index (χ3n) is 4.60. The third-order valence-corrected chi connectivity index (χ3v) is 4.60. The van der Waals surface area contributed by atoms with E-state index >= 15 is 0 Å². The van der Waals surface area contributed by atoms with Crippen molar-refractivity contribution in [1.29, 1.82) is 0 Å². The first kappa shape index (κ1) is 19.2. The predicted molar refractivity (Wildman–Crippen MR) is 100 cm³/mol. The molecule has 2 aromatic rings.